The molecule has 0 fully saturated rings. The fraction of sp³-hybridized carbons (Fsp3) is 0.429. The summed E-state index contributed by atoms with van der Waals surface area (Å²) in [6.07, 6.45) is 4.06. The molecule has 0 aromatic heterocycles. The second-order valence-electron chi connectivity index (χ2n) is 3.68. The molecule has 100 valence electrons. The van der Waals surface area contributed by atoms with Crippen molar-refractivity contribution >= 4 is 6.08 Å². The van der Waals surface area contributed by atoms with Crippen molar-refractivity contribution in [1.82, 2.24) is 5.32 Å². The van der Waals surface area contributed by atoms with E-state index in [2.05, 4.69) is 5.32 Å². The maximum Gasteiger partial charge on any atom is 0.167 e. The van der Waals surface area contributed by atoms with Crippen molar-refractivity contribution in [3.8, 4) is 11.5 Å². The van der Waals surface area contributed by atoms with Crippen LogP contribution in [0.15, 0.2) is 24.3 Å². The summed E-state index contributed by atoms with van der Waals surface area (Å²) in [4.78, 5) is 0. The van der Waals surface area contributed by atoms with Crippen LogP contribution in [0.5, 0.6) is 11.5 Å². The summed E-state index contributed by atoms with van der Waals surface area (Å²) in [6, 6.07) is 5.82. The quantitative estimate of drug-likeness (QED) is 0.717. The van der Waals surface area contributed by atoms with Crippen LogP contribution in [-0.2, 0) is 4.74 Å². The molecule has 0 radical (unpaired) electrons. The normalized spacial score (nSPS) is 10.8. The Morgan fingerprint density at radius 3 is 2.67 bits per heavy atom. The predicted octanol–water partition coefficient (Wildman–Crippen LogP) is 1.95. The first kappa shape index (κ1) is 14.5. The van der Waals surface area contributed by atoms with Crippen LogP contribution in [0.1, 0.15) is 5.56 Å². The van der Waals surface area contributed by atoms with Crippen molar-refractivity contribution in [3.63, 3.8) is 0 Å². The van der Waals surface area contributed by atoms with Gasteiger partial charge in [0.05, 0.1) is 20.8 Å². The number of nitrogens with one attached hydrogen (secondary N) is 1. The minimum atomic E-state index is 0.719. The highest BCUT2D eigenvalue weighted by Crippen LogP contribution is 2.31. The second kappa shape index (κ2) is 8.55. The smallest absolute Gasteiger partial charge is 0.167 e. The molecule has 1 aromatic rings. The Labute approximate surface area is 109 Å². The molecule has 0 amide bonds. The van der Waals surface area contributed by atoms with Crippen molar-refractivity contribution in [3.05, 3.63) is 29.8 Å². The van der Waals surface area contributed by atoms with Crippen LogP contribution in [0.4, 0.5) is 0 Å². The van der Waals surface area contributed by atoms with Gasteiger partial charge in [0.15, 0.2) is 11.5 Å². The molecule has 0 atom stereocenters. The highest BCUT2D eigenvalue weighted by Gasteiger charge is 2.05. The van der Waals surface area contributed by atoms with E-state index in [0.29, 0.717) is 0 Å². The van der Waals surface area contributed by atoms with Crippen LogP contribution in [-0.4, -0.2) is 41.0 Å². The Balaban J connectivity index is 2.58. The van der Waals surface area contributed by atoms with E-state index in [1.807, 2.05) is 30.4 Å². The molecule has 1 rings (SSSR count). The largest absolute Gasteiger partial charge is 0.493 e. The molecular weight excluding hydrogens is 230 g/mol. The Kier molecular flexibility index (Phi) is 6.91. The molecule has 0 saturated heterocycles. The Bertz CT molecular complexity index is 377. The van der Waals surface area contributed by atoms with Gasteiger partial charge in [-0.25, -0.2) is 0 Å². The molecule has 0 aliphatic heterocycles. The maximum atomic E-state index is 5.35. The standard InChI is InChI=1S/C14H21NO3/c1-16-11-10-15-9-5-7-12-6-4-8-13(17-2)14(12)18-3/h4-8,15H,9-11H2,1-3H3. The minimum absolute atomic E-state index is 0.719. The summed E-state index contributed by atoms with van der Waals surface area (Å²) in [5.41, 5.74) is 1.00. The third-order valence-electron chi connectivity index (χ3n) is 2.48. The van der Waals surface area contributed by atoms with Gasteiger partial charge in [0.25, 0.3) is 0 Å². The number of para-hydroxylation sites is 1. The predicted molar refractivity (Wildman–Crippen MR) is 73.3 cm³/mol. The summed E-state index contributed by atoms with van der Waals surface area (Å²) in [7, 11) is 4.97. The first-order valence-electron chi connectivity index (χ1n) is 5.90. The molecular formula is C14H21NO3. The van der Waals surface area contributed by atoms with Crippen LogP contribution in [0.3, 0.4) is 0 Å². The maximum absolute atomic E-state index is 5.35. The number of hydrogen-bond donors (Lipinski definition) is 1. The zero-order chi connectivity index (χ0) is 13.2. The SMILES string of the molecule is COCCNCC=Cc1cccc(OC)c1OC. The molecule has 1 aromatic carbocycles. The number of hydrogen-bond acceptors (Lipinski definition) is 4. The molecule has 0 bridgehead atoms. The van der Waals surface area contributed by atoms with E-state index in [1.54, 1.807) is 21.3 Å². The van der Waals surface area contributed by atoms with Gasteiger partial charge in [-0.1, -0.05) is 24.3 Å². The fourth-order valence-corrected chi connectivity index (χ4v) is 1.59. The molecule has 0 heterocycles. The van der Waals surface area contributed by atoms with E-state index in [1.165, 1.54) is 0 Å². The third-order valence-corrected chi connectivity index (χ3v) is 2.48. The van der Waals surface area contributed by atoms with Crippen LogP contribution in [0.25, 0.3) is 6.08 Å². The van der Waals surface area contributed by atoms with Crippen molar-refractivity contribution < 1.29 is 14.2 Å². The highest BCUT2D eigenvalue weighted by molar-refractivity contribution is 5.62. The Hall–Kier alpha value is -1.52. The van der Waals surface area contributed by atoms with Crippen LogP contribution >= 0.6 is 0 Å². The molecule has 0 unspecified atom stereocenters. The third kappa shape index (κ3) is 4.39. The van der Waals surface area contributed by atoms with Crippen LogP contribution in [0, 0.1) is 0 Å². The van der Waals surface area contributed by atoms with E-state index >= 15 is 0 Å². The molecule has 4 nitrogen and oxygen atoms in total. The van der Waals surface area contributed by atoms with E-state index in [4.69, 9.17) is 14.2 Å². The number of rotatable bonds is 8. The average Bonchev–Trinajstić information content (AvgIpc) is 2.42. The lowest BCUT2D eigenvalue weighted by molar-refractivity contribution is 0.200. The summed E-state index contributed by atoms with van der Waals surface area (Å²) in [6.45, 7) is 2.36. The van der Waals surface area contributed by atoms with Gasteiger partial charge in [-0.3, -0.25) is 0 Å². The van der Waals surface area contributed by atoms with Crippen molar-refractivity contribution in [2.75, 3.05) is 41.0 Å². The van der Waals surface area contributed by atoms with E-state index < -0.39 is 0 Å². The lowest BCUT2D eigenvalue weighted by atomic mass is 10.1. The van der Waals surface area contributed by atoms with E-state index in [-0.39, 0.29) is 0 Å². The molecule has 4 heteroatoms. The zero-order valence-corrected chi connectivity index (χ0v) is 11.2. The van der Waals surface area contributed by atoms with Crippen LogP contribution in [0.2, 0.25) is 0 Å². The molecule has 0 aliphatic carbocycles. The number of benzene rings is 1. The first-order valence-corrected chi connectivity index (χ1v) is 5.90. The Morgan fingerprint density at radius 1 is 1.17 bits per heavy atom. The Morgan fingerprint density at radius 2 is 2.00 bits per heavy atom. The number of ether oxygens (including phenoxy) is 3. The van der Waals surface area contributed by atoms with Gasteiger partial charge in [-0.15, -0.1) is 0 Å². The van der Waals surface area contributed by atoms with Crippen molar-refractivity contribution in [1.29, 1.82) is 0 Å². The summed E-state index contributed by atoms with van der Waals surface area (Å²) in [5.74, 6) is 1.50. The lowest BCUT2D eigenvalue weighted by Gasteiger charge is -2.09. The van der Waals surface area contributed by atoms with E-state index in [0.717, 1.165) is 36.8 Å². The summed E-state index contributed by atoms with van der Waals surface area (Å²) < 4.78 is 15.5. The monoisotopic (exact) mass is 251 g/mol. The number of methoxy groups -OCH3 is 3. The first-order chi connectivity index (χ1) is 8.83. The van der Waals surface area contributed by atoms with Crippen molar-refractivity contribution in [2.45, 2.75) is 0 Å². The van der Waals surface area contributed by atoms with Gasteiger partial charge in [0, 0.05) is 25.8 Å². The van der Waals surface area contributed by atoms with Gasteiger partial charge < -0.3 is 19.5 Å². The van der Waals surface area contributed by atoms with Gasteiger partial charge in [-0.2, -0.15) is 0 Å². The average molecular weight is 251 g/mol. The molecule has 18 heavy (non-hydrogen) atoms. The van der Waals surface area contributed by atoms with Crippen molar-refractivity contribution in [2.24, 2.45) is 0 Å². The molecule has 0 spiro atoms. The van der Waals surface area contributed by atoms with Crippen LogP contribution < -0.4 is 14.8 Å². The highest BCUT2D eigenvalue weighted by atomic mass is 16.5. The lowest BCUT2D eigenvalue weighted by Crippen LogP contribution is -2.18. The minimum Gasteiger partial charge on any atom is -0.493 e. The molecule has 0 saturated carbocycles. The van der Waals surface area contributed by atoms with Gasteiger partial charge in [-0.05, 0) is 6.07 Å². The summed E-state index contributed by atoms with van der Waals surface area (Å²) >= 11 is 0. The molecule has 1 N–H and O–H groups in total. The fourth-order valence-electron chi connectivity index (χ4n) is 1.59. The van der Waals surface area contributed by atoms with Gasteiger partial charge in [0.2, 0.25) is 0 Å². The van der Waals surface area contributed by atoms with Gasteiger partial charge in [0.1, 0.15) is 0 Å². The topological polar surface area (TPSA) is 39.7 Å². The van der Waals surface area contributed by atoms with Gasteiger partial charge >= 0.3 is 0 Å². The molecule has 0 aliphatic rings. The summed E-state index contributed by atoms with van der Waals surface area (Å²) in [5, 5.41) is 3.24. The second-order valence-corrected chi connectivity index (χ2v) is 3.68. The zero-order valence-electron chi connectivity index (χ0n) is 11.2. The van der Waals surface area contributed by atoms with E-state index in [9.17, 15) is 0 Å².